The van der Waals surface area contributed by atoms with Crippen molar-refractivity contribution in [2.75, 3.05) is 108 Å². The maximum atomic E-state index is 15.0. The van der Waals surface area contributed by atoms with Gasteiger partial charge in [-0.15, -0.1) is 23.5 Å². The number of esters is 2. The molecular weight excluding hydrogens is 1520 g/mol. The molecule has 14 aliphatic rings. The lowest BCUT2D eigenvalue weighted by Crippen LogP contribution is -2.69. The number of aromatic hydroxyl groups is 3. The van der Waals surface area contributed by atoms with Gasteiger partial charge >= 0.3 is 18.1 Å². The third kappa shape index (κ3) is 11.9. The molecule has 0 radical (unpaired) electrons. The Kier molecular flexibility index (Phi) is 20.9. The summed E-state index contributed by atoms with van der Waals surface area (Å²) in [5.74, 6) is 4.68. The molecule has 0 aliphatic carbocycles. The molecule has 0 aromatic heterocycles. The Labute approximate surface area is 677 Å². The number of thioether (sulfide) groups is 2. The van der Waals surface area contributed by atoms with Crippen molar-refractivity contribution >= 4 is 41.6 Å². The van der Waals surface area contributed by atoms with Crippen LogP contribution in [-0.2, 0) is 60.6 Å². The Hall–Kier alpha value is -9.63. The zero-order chi connectivity index (χ0) is 79.7. The summed E-state index contributed by atoms with van der Waals surface area (Å²) in [6, 6.07) is 11.6. The van der Waals surface area contributed by atoms with Gasteiger partial charge in [0.2, 0.25) is 13.6 Å². The van der Waals surface area contributed by atoms with E-state index < -0.39 is 87.6 Å². The normalized spacial score (nSPS) is 28.1. The molecule has 6 aromatic carbocycles. The lowest BCUT2D eigenvalue weighted by atomic mass is 9.71. The summed E-state index contributed by atoms with van der Waals surface area (Å²) in [5, 5.41) is 63.4. The van der Waals surface area contributed by atoms with Gasteiger partial charge in [-0.25, -0.2) is 14.4 Å². The average molecular weight is 1620 g/mol. The standard InChI is InChI=1S/C44H50N4O11S.C39H42N4O9S.2CH4/c1-20-12-23-13-25-26(16-45)48-27-17-55-41(50)44(24-15-28(52-7)29(14-22(24)10-11-46-44)58-42(51)59-43(3,4)5)18-60-40(34(48)33(47(25)6)30(23)35(49)36(20)53-8)32-31(27)39-38(56-19-57-39)21(2)37(32)54-9;1-17-9-20-10-22-23(13-40)43-24-14-50-38(46)39(21-12-26(47-4)25(44)11-19(21)7-8-41-39)15-53-37(31(43)30(42(22)3)27(20)32(45)33(17)48-5)29-28(24)36-35(51-16-52-36)18(2)34(29)49-6;;/h12,14-15,25-27,33-34,40,46,49H,10-11,13,17-19H2,1-9H3;9,11-12,22-24,30-31,37,41,44-45H,7-8,10,14-16H2,1-6H3;2*1H4/t25-,26-,27-,33+,34?,40+,44+;22-,23-,24-,30+,31?,37+,39+;;/m00../s1. The predicted octanol–water partition coefficient (Wildman–Crippen LogP) is 11.0. The molecule has 8 bridgehead atoms. The Morgan fingerprint density at radius 2 is 0.957 bits per heavy atom. The molecule has 4 fully saturated rings. The van der Waals surface area contributed by atoms with Crippen LogP contribution in [0.25, 0.3) is 0 Å². The van der Waals surface area contributed by atoms with Crippen LogP contribution in [0.3, 0.4) is 0 Å². The summed E-state index contributed by atoms with van der Waals surface area (Å²) in [5.41, 5.74) is 9.50. The first-order valence-electron chi connectivity index (χ1n) is 37.9. The van der Waals surface area contributed by atoms with Crippen molar-refractivity contribution in [3.63, 3.8) is 0 Å². The number of ether oxygens (including phenoxy) is 14. The van der Waals surface area contributed by atoms with Crippen molar-refractivity contribution < 1.29 is 96.0 Å². The number of nitriles is 2. The molecule has 28 nitrogen and oxygen atoms in total. The van der Waals surface area contributed by atoms with E-state index in [1.807, 2.05) is 41.8 Å². The molecule has 30 heteroatoms. The van der Waals surface area contributed by atoms with E-state index in [1.165, 1.54) is 14.2 Å². The third-order valence-corrected chi connectivity index (χ3v) is 28.3. The molecule has 5 N–H and O–H groups in total. The number of phenolic OH excluding ortho intramolecular Hbond substituents is 3. The topological polar surface area (TPSA) is 326 Å². The first-order chi connectivity index (χ1) is 54.3. The van der Waals surface area contributed by atoms with E-state index in [4.69, 9.17) is 66.3 Å². The van der Waals surface area contributed by atoms with Crippen LogP contribution < -0.4 is 62.7 Å². The van der Waals surface area contributed by atoms with E-state index >= 15 is 0 Å². The van der Waals surface area contributed by atoms with Gasteiger partial charge in [-0.2, -0.15) is 10.5 Å². The summed E-state index contributed by atoms with van der Waals surface area (Å²) < 4.78 is 84.2. The SMILES string of the molecule is C.C.COc1cc2c(cc1O)CCN[C@]21CS[C@@H]2c3c(OC)c(C)c4c(c3[C@H](COC1=O)N1C2[C@H]2c3c(cc(C)c(OC)c3O)C[C@@H]([C@@H]1C#N)N2C)OCO4.COc1cc2c(cc1OC(=O)OC(C)(C)C)CCN[C@]21CS[C@@H]2c3c(OC)c(C)c4c(c3[C@H](COC1=O)N1C2[C@H]2c3c(cc(C)c(OC)c3O)C[C@@H]([C@@H]1C#N)N2C)OCO4. The van der Waals surface area contributed by atoms with Crippen LogP contribution in [0.5, 0.6) is 80.5 Å². The van der Waals surface area contributed by atoms with Gasteiger partial charge in [0.15, 0.2) is 80.1 Å². The quantitative estimate of drug-likeness (QED) is 0.0563. The van der Waals surface area contributed by atoms with Crippen molar-refractivity contribution in [3.8, 4) is 92.6 Å². The van der Waals surface area contributed by atoms with Crippen molar-refractivity contribution in [1.82, 2.24) is 30.2 Å². The van der Waals surface area contributed by atoms with Crippen molar-refractivity contribution in [2.45, 2.75) is 177 Å². The Morgan fingerprint density at radius 3 is 1.37 bits per heavy atom. The maximum absolute atomic E-state index is 15.0. The van der Waals surface area contributed by atoms with Crippen LogP contribution in [0.2, 0.25) is 0 Å². The van der Waals surface area contributed by atoms with Gasteiger partial charge in [0.05, 0.1) is 89.5 Å². The highest BCUT2D eigenvalue weighted by Gasteiger charge is 2.65. The Morgan fingerprint density at radius 1 is 0.539 bits per heavy atom. The molecule has 20 rings (SSSR count). The predicted molar refractivity (Wildman–Crippen MR) is 425 cm³/mol. The van der Waals surface area contributed by atoms with E-state index in [-0.39, 0.29) is 106 Å². The van der Waals surface area contributed by atoms with Crippen LogP contribution in [0, 0.1) is 50.4 Å². The first kappa shape index (κ1) is 80.6. The molecule has 14 heterocycles. The number of hydrogen-bond donors (Lipinski definition) is 5. The van der Waals surface area contributed by atoms with E-state index in [9.17, 15) is 40.2 Å². The van der Waals surface area contributed by atoms with Gasteiger partial charge in [-0.3, -0.25) is 30.2 Å². The second-order valence-corrected chi connectivity index (χ2v) is 34.2. The molecule has 2 spiro atoms. The van der Waals surface area contributed by atoms with Crippen molar-refractivity contribution in [2.24, 2.45) is 0 Å². The second kappa shape index (κ2) is 29.8. The fraction of sp³-hybridized carbons (Fsp3) is 0.518. The van der Waals surface area contributed by atoms with Crippen LogP contribution in [0.4, 0.5) is 4.79 Å². The van der Waals surface area contributed by atoms with E-state index in [0.717, 1.165) is 77.9 Å². The van der Waals surface area contributed by atoms with Crippen LogP contribution in [0.1, 0.15) is 159 Å². The highest BCUT2D eigenvalue weighted by Crippen LogP contribution is 2.68. The van der Waals surface area contributed by atoms with Gasteiger partial charge < -0.3 is 81.6 Å². The molecule has 115 heavy (non-hydrogen) atoms. The fourth-order valence-corrected chi connectivity index (χ4v) is 24.2. The lowest BCUT2D eigenvalue weighted by Gasteiger charge is -2.62. The first-order valence-corrected chi connectivity index (χ1v) is 40.0. The summed E-state index contributed by atoms with van der Waals surface area (Å²) in [6.45, 7) is 13.7. The number of nitrogens with zero attached hydrogens (tertiary/aromatic N) is 6. The second-order valence-electron chi connectivity index (χ2n) is 31.9. The summed E-state index contributed by atoms with van der Waals surface area (Å²) >= 11 is 3.13. The minimum Gasteiger partial charge on any atom is -0.504 e. The average Bonchev–Trinajstić information content (AvgIpc) is 1.52. The summed E-state index contributed by atoms with van der Waals surface area (Å²) in [7, 11) is 13.4. The molecule has 612 valence electrons. The molecule has 14 aliphatic heterocycles. The third-order valence-electron chi connectivity index (χ3n) is 25.4. The van der Waals surface area contributed by atoms with Crippen LogP contribution in [0.15, 0.2) is 36.4 Å². The molecule has 0 amide bonds. The van der Waals surface area contributed by atoms with Gasteiger partial charge in [0, 0.05) is 93.3 Å². The number of rotatable bonds is 7. The largest absolute Gasteiger partial charge is 0.514 e. The monoisotopic (exact) mass is 1620 g/mol. The number of phenols is 3. The van der Waals surface area contributed by atoms with Crippen LogP contribution in [-0.4, -0.2) is 203 Å². The number of hydrogen-bond acceptors (Lipinski definition) is 30. The number of piperazine rings is 2. The number of methoxy groups -OCH3 is 6. The van der Waals surface area contributed by atoms with Gasteiger partial charge in [-0.05, 0) is 157 Å². The molecular formula is C85H100N8O20S2. The number of likely N-dealkylation sites (N-methyl/N-ethyl adjacent to an activating group) is 2. The van der Waals surface area contributed by atoms with Crippen molar-refractivity contribution in [3.05, 3.63) is 125 Å². The maximum Gasteiger partial charge on any atom is 0.514 e. The highest BCUT2D eigenvalue weighted by atomic mass is 32.2. The number of nitrogens with one attached hydrogen (secondary N) is 2. The number of aryl methyl sites for hydroxylation is 2. The van der Waals surface area contributed by atoms with E-state index in [2.05, 4.69) is 54.5 Å². The number of carbonyl (C=O) groups is 3. The lowest BCUT2D eigenvalue weighted by molar-refractivity contribution is -0.158. The smallest absolute Gasteiger partial charge is 0.504 e. The number of carbonyl (C=O) groups excluding carboxylic acids is 3. The number of benzene rings is 6. The highest BCUT2D eigenvalue weighted by molar-refractivity contribution is 7.99. The molecule has 14 atom stereocenters. The van der Waals surface area contributed by atoms with E-state index in [1.54, 1.807) is 97.0 Å². The summed E-state index contributed by atoms with van der Waals surface area (Å²) in [4.78, 5) is 51.4. The molecule has 0 saturated carbocycles. The zero-order valence-corrected chi connectivity index (χ0v) is 67.3. The minimum atomic E-state index is -1.37. The Balaban J connectivity index is 0.000000179. The minimum absolute atomic E-state index is 0. The van der Waals surface area contributed by atoms with Gasteiger partial charge in [-0.1, -0.05) is 27.0 Å². The fourth-order valence-electron chi connectivity index (χ4n) is 20.8. The van der Waals surface area contributed by atoms with Crippen molar-refractivity contribution in [1.29, 1.82) is 10.5 Å². The van der Waals surface area contributed by atoms with E-state index in [0.29, 0.717) is 95.9 Å². The zero-order valence-electron chi connectivity index (χ0n) is 65.7. The van der Waals surface area contributed by atoms with Gasteiger partial charge in [0.1, 0.15) is 42.4 Å². The summed E-state index contributed by atoms with van der Waals surface area (Å²) in [6.07, 6.45) is 1.30. The number of fused-ring (bicyclic) bond motifs is 18. The molecule has 4 saturated heterocycles. The molecule has 6 aromatic rings. The Bertz CT molecular complexity index is 5100. The van der Waals surface area contributed by atoms with Crippen LogP contribution >= 0.6 is 23.5 Å². The van der Waals surface area contributed by atoms with Gasteiger partial charge in [0.25, 0.3) is 0 Å². The molecule has 2 unspecified atom stereocenters.